The summed E-state index contributed by atoms with van der Waals surface area (Å²) < 4.78 is 35.2. The molecule has 0 aliphatic carbocycles. The van der Waals surface area contributed by atoms with Crippen LogP contribution in [0.4, 0.5) is 11.7 Å². The van der Waals surface area contributed by atoms with Crippen molar-refractivity contribution in [3.63, 3.8) is 0 Å². The van der Waals surface area contributed by atoms with Crippen molar-refractivity contribution < 1.29 is 11.7 Å². The Hall–Kier alpha value is 0.100. The molecule has 0 fully saturated rings. The van der Waals surface area contributed by atoms with Gasteiger partial charge in [0.05, 0.1) is 5.75 Å². The number of hydrogen-bond acceptors (Lipinski definition) is 1. The van der Waals surface area contributed by atoms with Crippen LogP contribution in [0.2, 0.25) is 0 Å². The maximum atomic E-state index is 11.7. The smallest absolute Gasteiger partial charge is 0.210 e. The fourth-order valence-electron chi connectivity index (χ4n) is 0.772. The topological polar surface area (TPSA) is 3.24 Å². The zero-order chi connectivity index (χ0) is 8.91. The van der Waals surface area contributed by atoms with Gasteiger partial charge in [0.1, 0.15) is 0 Å². The SMILES string of the molecule is CCN(CC)CCS(F)(F)F. The van der Waals surface area contributed by atoms with Crippen LogP contribution in [-0.2, 0) is 0 Å². The third-order valence-corrected chi connectivity index (χ3v) is 2.18. The fraction of sp³-hybridized carbons (Fsp3) is 1.00. The van der Waals surface area contributed by atoms with Gasteiger partial charge in [0.25, 0.3) is 0 Å². The third kappa shape index (κ3) is 6.50. The first-order chi connectivity index (χ1) is 4.99. The molecule has 70 valence electrons. The molecule has 0 radical (unpaired) electrons. The number of halogens is 3. The first-order valence-corrected chi connectivity index (χ1v) is 5.12. The molecule has 11 heavy (non-hydrogen) atoms. The van der Waals surface area contributed by atoms with Gasteiger partial charge < -0.3 is 4.90 Å². The molecule has 0 rings (SSSR count). The predicted molar refractivity (Wildman–Crippen MR) is 43.6 cm³/mol. The van der Waals surface area contributed by atoms with Crippen LogP contribution >= 0.6 is 11.2 Å². The zero-order valence-electron chi connectivity index (χ0n) is 6.82. The molecule has 0 unspecified atom stereocenters. The van der Waals surface area contributed by atoms with Crippen molar-refractivity contribution in [3.05, 3.63) is 0 Å². The summed E-state index contributed by atoms with van der Waals surface area (Å²) in [5, 5.41) is 0. The van der Waals surface area contributed by atoms with Crippen LogP contribution in [0.1, 0.15) is 13.8 Å². The van der Waals surface area contributed by atoms with Gasteiger partial charge in [0.15, 0.2) is 0 Å². The molecule has 0 aliphatic heterocycles. The average molecular weight is 189 g/mol. The Labute approximate surface area is 67.8 Å². The number of rotatable bonds is 5. The predicted octanol–water partition coefficient (Wildman–Crippen LogP) is 2.79. The minimum Gasteiger partial charge on any atom is -0.303 e. The van der Waals surface area contributed by atoms with E-state index in [1.54, 1.807) is 4.90 Å². The van der Waals surface area contributed by atoms with Crippen molar-refractivity contribution in [3.8, 4) is 0 Å². The average Bonchev–Trinajstić information content (AvgIpc) is 1.88. The highest BCUT2D eigenvalue weighted by Gasteiger charge is 2.20. The van der Waals surface area contributed by atoms with Gasteiger partial charge in [-0.1, -0.05) is 13.8 Å². The Morgan fingerprint density at radius 3 is 1.82 bits per heavy atom. The summed E-state index contributed by atoms with van der Waals surface area (Å²) in [6, 6.07) is 0. The first-order valence-electron chi connectivity index (χ1n) is 3.61. The Balaban J connectivity index is 3.51. The Morgan fingerprint density at radius 1 is 1.09 bits per heavy atom. The molecule has 0 amide bonds. The van der Waals surface area contributed by atoms with Crippen LogP contribution in [0, 0.1) is 0 Å². The van der Waals surface area contributed by atoms with Crippen molar-refractivity contribution in [2.75, 3.05) is 25.4 Å². The van der Waals surface area contributed by atoms with E-state index >= 15 is 0 Å². The van der Waals surface area contributed by atoms with E-state index in [2.05, 4.69) is 0 Å². The zero-order valence-corrected chi connectivity index (χ0v) is 7.63. The van der Waals surface area contributed by atoms with E-state index in [0.717, 1.165) is 0 Å². The number of nitrogens with zero attached hydrogens (tertiary/aromatic N) is 1. The van der Waals surface area contributed by atoms with Crippen molar-refractivity contribution in [1.29, 1.82) is 0 Å². The molecule has 0 bridgehead atoms. The molecular formula is C6H14F3NS. The van der Waals surface area contributed by atoms with Gasteiger partial charge in [-0.2, -0.15) is 0 Å². The summed E-state index contributed by atoms with van der Waals surface area (Å²) in [6.45, 7) is 5.30. The monoisotopic (exact) mass is 189 g/mol. The lowest BCUT2D eigenvalue weighted by Gasteiger charge is -2.19. The lowest BCUT2D eigenvalue weighted by Crippen LogP contribution is -2.26. The van der Waals surface area contributed by atoms with Crippen molar-refractivity contribution in [2.45, 2.75) is 13.8 Å². The molecule has 0 saturated carbocycles. The summed E-state index contributed by atoms with van der Waals surface area (Å²) in [4.78, 5) is 1.78. The third-order valence-electron chi connectivity index (χ3n) is 1.53. The molecule has 1 nitrogen and oxygen atoms in total. The van der Waals surface area contributed by atoms with Gasteiger partial charge in [0.2, 0.25) is 11.2 Å². The van der Waals surface area contributed by atoms with E-state index in [4.69, 9.17) is 0 Å². The van der Waals surface area contributed by atoms with E-state index in [1.807, 2.05) is 13.8 Å². The van der Waals surface area contributed by atoms with Crippen LogP contribution in [-0.4, -0.2) is 30.3 Å². The van der Waals surface area contributed by atoms with Crippen LogP contribution in [0.25, 0.3) is 0 Å². The fourth-order valence-corrected chi connectivity index (χ4v) is 1.24. The van der Waals surface area contributed by atoms with Crippen LogP contribution < -0.4 is 0 Å². The summed E-state index contributed by atoms with van der Waals surface area (Å²) in [6.07, 6.45) is 0. The summed E-state index contributed by atoms with van der Waals surface area (Å²) in [7, 11) is 0. The van der Waals surface area contributed by atoms with Gasteiger partial charge >= 0.3 is 0 Å². The molecule has 0 N–H and O–H groups in total. The van der Waals surface area contributed by atoms with Gasteiger partial charge in [-0.05, 0) is 13.1 Å². The van der Waals surface area contributed by atoms with E-state index in [1.165, 1.54) is 0 Å². The second-order valence-corrected chi connectivity index (χ2v) is 3.65. The highest BCUT2D eigenvalue weighted by molar-refractivity contribution is 8.20. The molecule has 0 heterocycles. The van der Waals surface area contributed by atoms with Crippen LogP contribution in [0.3, 0.4) is 0 Å². The van der Waals surface area contributed by atoms with Gasteiger partial charge in [-0.25, -0.2) is 0 Å². The second kappa shape index (κ2) is 4.87. The summed E-state index contributed by atoms with van der Waals surface area (Å²) in [5.41, 5.74) is 0. The molecule has 0 atom stereocenters. The Kier molecular flexibility index (Phi) is 4.92. The molecule has 0 aromatic rings. The lowest BCUT2D eigenvalue weighted by molar-refractivity contribution is 0.320. The van der Waals surface area contributed by atoms with E-state index in [0.29, 0.717) is 13.1 Å². The van der Waals surface area contributed by atoms with Crippen molar-refractivity contribution in [2.24, 2.45) is 0 Å². The Morgan fingerprint density at radius 2 is 1.55 bits per heavy atom. The normalized spacial score (nSPS) is 14.0. The number of hydrogen-bond donors (Lipinski definition) is 0. The van der Waals surface area contributed by atoms with Crippen LogP contribution in [0.15, 0.2) is 0 Å². The van der Waals surface area contributed by atoms with Gasteiger partial charge in [0, 0.05) is 6.54 Å². The largest absolute Gasteiger partial charge is 0.303 e. The van der Waals surface area contributed by atoms with E-state index in [-0.39, 0.29) is 6.54 Å². The van der Waals surface area contributed by atoms with E-state index in [9.17, 15) is 11.7 Å². The minimum absolute atomic E-state index is 0.159. The second-order valence-electron chi connectivity index (χ2n) is 2.23. The molecule has 0 aliphatic rings. The first kappa shape index (κ1) is 11.1. The molecule has 0 spiro atoms. The summed E-state index contributed by atoms with van der Waals surface area (Å²) in [5.74, 6) is -0.616. The minimum atomic E-state index is -4.78. The molecule has 0 aromatic heterocycles. The quantitative estimate of drug-likeness (QED) is 0.642. The van der Waals surface area contributed by atoms with Crippen LogP contribution in [0.5, 0.6) is 0 Å². The Bertz CT molecular complexity index is 100. The maximum Gasteiger partial charge on any atom is 0.210 e. The lowest BCUT2D eigenvalue weighted by atomic mass is 10.5. The van der Waals surface area contributed by atoms with Gasteiger partial charge in [-0.3, -0.25) is 0 Å². The van der Waals surface area contributed by atoms with E-state index < -0.39 is 16.9 Å². The standard InChI is InChI=1S/C6H14F3NS/c1-3-10(4-2)5-6-11(7,8)9/h3-6H2,1-2H3. The highest BCUT2D eigenvalue weighted by atomic mass is 32.3. The van der Waals surface area contributed by atoms with Crippen molar-refractivity contribution >= 4 is 11.2 Å². The highest BCUT2D eigenvalue weighted by Crippen LogP contribution is 2.52. The summed E-state index contributed by atoms with van der Waals surface area (Å²) >= 11 is -4.78. The maximum absolute atomic E-state index is 11.7. The molecule has 0 aromatic carbocycles. The van der Waals surface area contributed by atoms with Crippen molar-refractivity contribution in [1.82, 2.24) is 4.90 Å². The molecular weight excluding hydrogens is 175 g/mol. The molecule has 0 saturated heterocycles. The van der Waals surface area contributed by atoms with Gasteiger partial charge in [-0.15, -0.1) is 11.7 Å². The molecule has 5 heteroatoms.